The van der Waals surface area contributed by atoms with E-state index in [9.17, 15) is 22.6 Å². The van der Waals surface area contributed by atoms with Gasteiger partial charge in [0, 0.05) is 0 Å². The summed E-state index contributed by atoms with van der Waals surface area (Å²) in [7, 11) is -4.86. The predicted octanol–water partition coefficient (Wildman–Crippen LogP) is 2.04. The molecule has 1 N–H and O–H groups in total. The van der Waals surface area contributed by atoms with Crippen molar-refractivity contribution in [2.45, 2.75) is 77.6 Å². The lowest BCUT2D eigenvalue weighted by Gasteiger charge is -2.19. The molecule has 3 unspecified atom stereocenters. The number of rotatable bonds is 14. The van der Waals surface area contributed by atoms with Crippen molar-refractivity contribution in [2.75, 3.05) is 13.2 Å². The summed E-state index contributed by atoms with van der Waals surface area (Å²) in [6.45, 7) is 7.51. The molecule has 10 heteroatoms. The standard InChI is InChI=1S/C16H30O9S/c1-5-7-9-22-12(3)24-15(17)11-14(26(19,20)21)16(18)25-13(4)23-10-8-6-2/h12-14H,5-11H2,1-4H3,(H,19,20,21). The van der Waals surface area contributed by atoms with Crippen molar-refractivity contribution in [1.82, 2.24) is 0 Å². The highest BCUT2D eigenvalue weighted by molar-refractivity contribution is 7.87. The van der Waals surface area contributed by atoms with Crippen LogP contribution in [-0.2, 0) is 38.7 Å². The van der Waals surface area contributed by atoms with Crippen LogP contribution in [0.1, 0.15) is 59.8 Å². The predicted molar refractivity (Wildman–Crippen MR) is 92.8 cm³/mol. The molecule has 154 valence electrons. The highest BCUT2D eigenvalue weighted by Gasteiger charge is 2.37. The Bertz CT molecular complexity index is 518. The molecule has 0 saturated carbocycles. The van der Waals surface area contributed by atoms with Gasteiger partial charge in [0.15, 0.2) is 17.8 Å². The zero-order valence-corrected chi connectivity index (χ0v) is 16.6. The summed E-state index contributed by atoms with van der Waals surface area (Å²) in [5, 5.41) is -2.09. The van der Waals surface area contributed by atoms with Crippen LogP contribution in [0.15, 0.2) is 0 Å². The van der Waals surface area contributed by atoms with Crippen LogP contribution in [0.25, 0.3) is 0 Å². The molecule has 3 atom stereocenters. The zero-order chi connectivity index (χ0) is 20.2. The van der Waals surface area contributed by atoms with Crippen LogP contribution in [-0.4, -0.2) is 56.0 Å². The minimum atomic E-state index is -4.86. The Hall–Kier alpha value is -1.23. The van der Waals surface area contributed by atoms with Crippen molar-refractivity contribution >= 4 is 22.1 Å². The van der Waals surface area contributed by atoms with Crippen LogP contribution in [0.3, 0.4) is 0 Å². The molecule has 0 aromatic heterocycles. The van der Waals surface area contributed by atoms with E-state index in [-0.39, 0.29) is 0 Å². The Kier molecular flexibility index (Phi) is 12.4. The van der Waals surface area contributed by atoms with Crippen molar-refractivity contribution in [2.24, 2.45) is 0 Å². The van der Waals surface area contributed by atoms with Gasteiger partial charge in [0.2, 0.25) is 0 Å². The Morgan fingerprint density at radius 3 is 1.81 bits per heavy atom. The first-order valence-electron chi connectivity index (χ1n) is 8.71. The Morgan fingerprint density at radius 2 is 1.38 bits per heavy atom. The van der Waals surface area contributed by atoms with Gasteiger partial charge in [0.25, 0.3) is 10.1 Å². The molecule has 0 saturated heterocycles. The molecule has 0 heterocycles. The molecule has 0 aliphatic rings. The summed E-state index contributed by atoms with van der Waals surface area (Å²) in [6, 6.07) is 0. The van der Waals surface area contributed by atoms with E-state index in [4.69, 9.17) is 18.9 Å². The molecule has 26 heavy (non-hydrogen) atoms. The zero-order valence-electron chi connectivity index (χ0n) is 15.8. The molecule has 0 aliphatic heterocycles. The third kappa shape index (κ3) is 11.4. The second-order valence-corrected chi connectivity index (χ2v) is 7.32. The van der Waals surface area contributed by atoms with Gasteiger partial charge in [-0.15, -0.1) is 0 Å². The maximum absolute atomic E-state index is 12.0. The maximum atomic E-state index is 12.0. The van der Waals surface area contributed by atoms with Gasteiger partial charge >= 0.3 is 11.9 Å². The van der Waals surface area contributed by atoms with E-state index < -0.39 is 46.3 Å². The van der Waals surface area contributed by atoms with Crippen molar-refractivity contribution < 1.29 is 41.5 Å². The number of carbonyl (C=O) groups excluding carboxylic acids is 2. The Morgan fingerprint density at radius 1 is 0.923 bits per heavy atom. The van der Waals surface area contributed by atoms with Gasteiger partial charge in [0.05, 0.1) is 19.6 Å². The Labute approximate surface area is 155 Å². The second-order valence-electron chi connectivity index (χ2n) is 5.72. The minimum Gasteiger partial charge on any atom is -0.436 e. The molecule has 9 nitrogen and oxygen atoms in total. The van der Waals surface area contributed by atoms with E-state index in [0.29, 0.717) is 13.2 Å². The van der Waals surface area contributed by atoms with Crippen LogP contribution < -0.4 is 0 Å². The van der Waals surface area contributed by atoms with E-state index in [2.05, 4.69) is 0 Å². The summed E-state index contributed by atoms with van der Waals surface area (Å²) >= 11 is 0. The molecule has 0 fully saturated rings. The number of esters is 2. The monoisotopic (exact) mass is 398 g/mol. The molecule has 0 aliphatic carbocycles. The SMILES string of the molecule is CCCCOC(C)OC(=O)CC(C(=O)OC(C)OCCCC)S(=O)(=O)O. The van der Waals surface area contributed by atoms with Gasteiger partial charge in [-0.3, -0.25) is 14.1 Å². The van der Waals surface area contributed by atoms with Crippen LogP contribution in [0.2, 0.25) is 0 Å². The minimum absolute atomic E-state index is 0.330. The molecule has 0 rings (SSSR count). The molecular formula is C16H30O9S. The van der Waals surface area contributed by atoms with Gasteiger partial charge in [-0.2, -0.15) is 8.42 Å². The third-order valence-electron chi connectivity index (χ3n) is 3.25. The molecule has 0 amide bonds. The molecule has 0 bridgehead atoms. The first-order valence-corrected chi connectivity index (χ1v) is 10.2. The first-order chi connectivity index (χ1) is 12.1. The summed E-state index contributed by atoms with van der Waals surface area (Å²) in [6.07, 6.45) is 0.493. The number of ether oxygens (including phenoxy) is 4. The summed E-state index contributed by atoms with van der Waals surface area (Å²) < 4.78 is 52.2. The van der Waals surface area contributed by atoms with E-state index in [1.807, 2.05) is 13.8 Å². The fourth-order valence-electron chi connectivity index (χ4n) is 1.79. The van der Waals surface area contributed by atoms with E-state index in [1.165, 1.54) is 13.8 Å². The van der Waals surface area contributed by atoms with Gasteiger partial charge in [-0.25, -0.2) is 0 Å². The largest absolute Gasteiger partial charge is 0.436 e. The maximum Gasteiger partial charge on any atom is 0.329 e. The van der Waals surface area contributed by atoms with E-state index >= 15 is 0 Å². The lowest BCUT2D eigenvalue weighted by atomic mass is 10.3. The number of hydrogen-bond acceptors (Lipinski definition) is 8. The van der Waals surface area contributed by atoms with Crippen molar-refractivity contribution in [3.8, 4) is 0 Å². The highest BCUT2D eigenvalue weighted by atomic mass is 32.2. The average Bonchev–Trinajstić information content (AvgIpc) is 2.51. The Balaban J connectivity index is 4.65. The molecule has 0 radical (unpaired) electrons. The average molecular weight is 398 g/mol. The van der Waals surface area contributed by atoms with Gasteiger partial charge < -0.3 is 18.9 Å². The van der Waals surface area contributed by atoms with Gasteiger partial charge in [-0.05, 0) is 26.7 Å². The lowest BCUT2D eigenvalue weighted by Crippen LogP contribution is -2.37. The summed E-state index contributed by atoms with van der Waals surface area (Å²) in [4.78, 5) is 23.8. The molecule has 0 aromatic rings. The van der Waals surface area contributed by atoms with Crippen molar-refractivity contribution in [3.05, 3.63) is 0 Å². The van der Waals surface area contributed by atoms with Crippen LogP contribution in [0.4, 0.5) is 0 Å². The molecular weight excluding hydrogens is 368 g/mol. The van der Waals surface area contributed by atoms with Crippen LogP contribution in [0, 0.1) is 0 Å². The highest BCUT2D eigenvalue weighted by Crippen LogP contribution is 2.12. The number of carbonyl (C=O) groups is 2. The lowest BCUT2D eigenvalue weighted by molar-refractivity contribution is -0.181. The second kappa shape index (κ2) is 13.0. The van der Waals surface area contributed by atoms with Crippen molar-refractivity contribution in [3.63, 3.8) is 0 Å². The molecule has 0 spiro atoms. The molecule has 0 aromatic carbocycles. The van der Waals surface area contributed by atoms with Crippen molar-refractivity contribution in [1.29, 1.82) is 0 Å². The van der Waals surface area contributed by atoms with Gasteiger partial charge in [-0.1, -0.05) is 26.7 Å². The fraction of sp³-hybridized carbons (Fsp3) is 0.875. The smallest absolute Gasteiger partial charge is 0.329 e. The fourth-order valence-corrected chi connectivity index (χ4v) is 2.44. The summed E-state index contributed by atoms with van der Waals surface area (Å²) in [5.74, 6) is -2.29. The van der Waals surface area contributed by atoms with Gasteiger partial charge in [0.1, 0.15) is 0 Å². The van der Waals surface area contributed by atoms with Crippen LogP contribution in [0.5, 0.6) is 0 Å². The normalized spacial score (nSPS) is 15.1. The number of hydrogen-bond donors (Lipinski definition) is 1. The summed E-state index contributed by atoms with van der Waals surface area (Å²) in [5.41, 5.74) is 0. The quantitative estimate of drug-likeness (QED) is 0.202. The number of unbranched alkanes of at least 4 members (excludes halogenated alkanes) is 2. The van der Waals surface area contributed by atoms with Crippen LogP contribution >= 0.6 is 0 Å². The first kappa shape index (κ1) is 24.8. The third-order valence-corrected chi connectivity index (χ3v) is 4.33. The van der Waals surface area contributed by atoms with E-state index in [1.54, 1.807) is 0 Å². The topological polar surface area (TPSA) is 125 Å². The van der Waals surface area contributed by atoms with E-state index in [0.717, 1.165) is 25.7 Å².